The fraction of sp³-hybridized carbons (Fsp3) is 0.857. The predicted octanol–water partition coefficient (Wildman–Crippen LogP) is -0.141. The van der Waals surface area contributed by atoms with Crippen LogP contribution in [0.25, 0.3) is 0 Å². The summed E-state index contributed by atoms with van der Waals surface area (Å²) in [7, 11) is 0. The second kappa shape index (κ2) is 3.69. The molecule has 1 saturated heterocycles. The topological polar surface area (TPSA) is 66.8 Å². The standard InChI is InChI=1S/C7H12O4/c8-6-1-2-11-4-5(6)3-7(9)10/h5-6,8H,1-4H2,(H,9,10)/t5-,6+/m0/s1. The molecule has 0 bridgehead atoms. The molecule has 1 fully saturated rings. The molecule has 0 saturated carbocycles. The summed E-state index contributed by atoms with van der Waals surface area (Å²) >= 11 is 0. The molecule has 1 heterocycles. The van der Waals surface area contributed by atoms with Crippen LogP contribution in [0.1, 0.15) is 12.8 Å². The van der Waals surface area contributed by atoms with Crippen molar-refractivity contribution in [3.05, 3.63) is 0 Å². The van der Waals surface area contributed by atoms with Crippen molar-refractivity contribution in [1.29, 1.82) is 0 Å². The number of aliphatic hydroxyl groups excluding tert-OH is 1. The molecule has 1 aliphatic heterocycles. The van der Waals surface area contributed by atoms with Gasteiger partial charge in [0, 0.05) is 12.5 Å². The van der Waals surface area contributed by atoms with Crippen LogP contribution in [0.3, 0.4) is 0 Å². The number of carbonyl (C=O) groups is 1. The molecule has 0 aromatic heterocycles. The molecule has 0 aliphatic carbocycles. The highest BCUT2D eigenvalue weighted by atomic mass is 16.5. The molecule has 4 nitrogen and oxygen atoms in total. The van der Waals surface area contributed by atoms with Crippen LogP contribution in [0.15, 0.2) is 0 Å². The monoisotopic (exact) mass is 160 g/mol. The molecule has 0 unspecified atom stereocenters. The first kappa shape index (κ1) is 8.49. The van der Waals surface area contributed by atoms with E-state index in [0.717, 1.165) is 0 Å². The number of hydrogen-bond acceptors (Lipinski definition) is 3. The molecule has 2 N–H and O–H groups in total. The number of ether oxygens (including phenoxy) is 1. The van der Waals surface area contributed by atoms with Crippen molar-refractivity contribution in [3.63, 3.8) is 0 Å². The number of hydrogen-bond donors (Lipinski definition) is 2. The molecule has 2 atom stereocenters. The smallest absolute Gasteiger partial charge is 0.303 e. The Morgan fingerprint density at radius 1 is 1.64 bits per heavy atom. The third-order valence-corrected chi connectivity index (χ3v) is 1.87. The number of carboxylic acid groups (broad SMARTS) is 1. The molecule has 1 aliphatic rings. The van der Waals surface area contributed by atoms with E-state index >= 15 is 0 Å². The van der Waals surface area contributed by atoms with Gasteiger partial charge < -0.3 is 14.9 Å². The maximum absolute atomic E-state index is 10.2. The Hall–Kier alpha value is -0.610. The van der Waals surface area contributed by atoms with Crippen LogP contribution in [0, 0.1) is 5.92 Å². The van der Waals surface area contributed by atoms with Gasteiger partial charge in [0.2, 0.25) is 0 Å². The minimum atomic E-state index is -0.875. The van der Waals surface area contributed by atoms with E-state index < -0.39 is 12.1 Å². The summed E-state index contributed by atoms with van der Waals surface area (Å²) < 4.78 is 5.03. The maximum Gasteiger partial charge on any atom is 0.303 e. The number of aliphatic carboxylic acids is 1. The van der Waals surface area contributed by atoms with Crippen molar-refractivity contribution in [2.45, 2.75) is 18.9 Å². The van der Waals surface area contributed by atoms with Gasteiger partial charge in [0.05, 0.1) is 19.1 Å². The zero-order valence-electron chi connectivity index (χ0n) is 6.19. The fourth-order valence-corrected chi connectivity index (χ4v) is 1.20. The first-order valence-electron chi connectivity index (χ1n) is 3.67. The summed E-state index contributed by atoms with van der Waals surface area (Å²) in [6.45, 7) is 0.907. The van der Waals surface area contributed by atoms with E-state index in [1.165, 1.54) is 0 Å². The van der Waals surface area contributed by atoms with E-state index in [0.29, 0.717) is 19.6 Å². The zero-order chi connectivity index (χ0) is 8.27. The second-order valence-electron chi connectivity index (χ2n) is 2.79. The third-order valence-electron chi connectivity index (χ3n) is 1.87. The van der Waals surface area contributed by atoms with Crippen LogP contribution in [0.5, 0.6) is 0 Å². The van der Waals surface area contributed by atoms with Gasteiger partial charge in [-0.25, -0.2) is 0 Å². The van der Waals surface area contributed by atoms with Gasteiger partial charge in [-0.1, -0.05) is 0 Å². The molecule has 0 spiro atoms. The average molecular weight is 160 g/mol. The lowest BCUT2D eigenvalue weighted by Crippen LogP contribution is -2.33. The highest BCUT2D eigenvalue weighted by molar-refractivity contribution is 5.67. The lowest BCUT2D eigenvalue weighted by atomic mass is 9.95. The molecule has 11 heavy (non-hydrogen) atoms. The highest BCUT2D eigenvalue weighted by Gasteiger charge is 2.25. The minimum absolute atomic E-state index is 0.00116. The van der Waals surface area contributed by atoms with E-state index in [2.05, 4.69) is 0 Å². The van der Waals surface area contributed by atoms with Crippen LogP contribution in [-0.2, 0) is 9.53 Å². The summed E-state index contributed by atoms with van der Waals surface area (Å²) in [6, 6.07) is 0. The predicted molar refractivity (Wildman–Crippen MR) is 37.2 cm³/mol. The van der Waals surface area contributed by atoms with Crippen LogP contribution < -0.4 is 0 Å². The summed E-state index contributed by atoms with van der Waals surface area (Å²) in [4.78, 5) is 10.2. The fourth-order valence-electron chi connectivity index (χ4n) is 1.20. The molecule has 64 valence electrons. The SMILES string of the molecule is O=C(O)C[C@H]1COCC[C@H]1O. The molecule has 0 aromatic rings. The zero-order valence-corrected chi connectivity index (χ0v) is 6.19. The Bertz CT molecular complexity index is 145. The number of rotatable bonds is 2. The Morgan fingerprint density at radius 3 is 2.91 bits per heavy atom. The lowest BCUT2D eigenvalue weighted by Gasteiger charge is -2.26. The Kier molecular flexibility index (Phi) is 2.84. The summed E-state index contributed by atoms with van der Waals surface area (Å²) in [6.07, 6.45) is 0.0545. The van der Waals surface area contributed by atoms with Gasteiger partial charge in [-0.2, -0.15) is 0 Å². The molecule has 4 heteroatoms. The van der Waals surface area contributed by atoms with Gasteiger partial charge in [0.15, 0.2) is 0 Å². The molecular formula is C7H12O4. The lowest BCUT2D eigenvalue weighted by molar-refractivity contribution is -0.141. The Labute approximate surface area is 64.8 Å². The van der Waals surface area contributed by atoms with E-state index in [4.69, 9.17) is 9.84 Å². The third kappa shape index (κ3) is 2.48. The highest BCUT2D eigenvalue weighted by Crippen LogP contribution is 2.17. The van der Waals surface area contributed by atoms with Crippen LogP contribution in [0.2, 0.25) is 0 Å². The normalized spacial score (nSPS) is 31.7. The molecular weight excluding hydrogens is 148 g/mol. The molecule has 1 rings (SSSR count). The van der Waals surface area contributed by atoms with Crippen molar-refractivity contribution in [1.82, 2.24) is 0 Å². The largest absolute Gasteiger partial charge is 0.481 e. The number of carboxylic acids is 1. The van der Waals surface area contributed by atoms with Gasteiger partial charge in [0.1, 0.15) is 0 Å². The van der Waals surface area contributed by atoms with E-state index in [1.54, 1.807) is 0 Å². The van der Waals surface area contributed by atoms with Crippen molar-refractivity contribution >= 4 is 5.97 Å². The minimum Gasteiger partial charge on any atom is -0.481 e. The maximum atomic E-state index is 10.2. The Morgan fingerprint density at radius 2 is 2.36 bits per heavy atom. The van der Waals surface area contributed by atoms with E-state index in [-0.39, 0.29) is 12.3 Å². The van der Waals surface area contributed by atoms with E-state index in [1.807, 2.05) is 0 Å². The van der Waals surface area contributed by atoms with Crippen LogP contribution >= 0.6 is 0 Å². The molecule has 0 aromatic carbocycles. The summed E-state index contributed by atoms with van der Waals surface area (Å²) in [5.41, 5.74) is 0. The van der Waals surface area contributed by atoms with Crippen molar-refractivity contribution in [2.75, 3.05) is 13.2 Å². The van der Waals surface area contributed by atoms with Gasteiger partial charge in [0.25, 0.3) is 0 Å². The Balaban J connectivity index is 2.35. The van der Waals surface area contributed by atoms with Crippen molar-refractivity contribution in [3.8, 4) is 0 Å². The average Bonchev–Trinajstić information content (AvgIpc) is 1.93. The summed E-state index contributed by atoms with van der Waals surface area (Å²) in [5, 5.41) is 17.7. The molecule has 0 amide bonds. The van der Waals surface area contributed by atoms with Crippen molar-refractivity contribution < 1.29 is 19.7 Å². The summed E-state index contributed by atoms with van der Waals surface area (Å²) in [5.74, 6) is -1.10. The quantitative estimate of drug-likeness (QED) is 0.590. The first-order valence-corrected chi connectivity index (χ1v) is 3.67. The van der Waals surface area contributed by atoms with Crippen molar-refractivity contribution in [2.24, 2.45) is 5.92 Å². The van der Waals surface area contributed by atoms with Gasteiger partial charge in [-0.05, 0) is 6.42 Å². The van der Waals surface area contributed by atoms with Crippen LogP contribution in [-0.4, -0.2) is 35.5 Å². The first-order chi connectivity index (χ1) is 5.20. The van der Waals surface area contributed by atoms with Crippen LogP contribution in [0.4, 0.5) is 0 Å². The van der Waals surface area contributed by atoms with Gasteiger partial charge in [-0.3, -0.25) is 4.79 Å². The second-order valence-corrected chi connectivity index (χ2v) is 2.79. The van der Waals surface area contributed by atoms with E-state index in [9.17, 15) is 9.90 Å². The van der Waals surface area contributed by atoms with Gasteiger partial charge >= 0.3 is 5.97 Å². The molecule has 0 radical (unpaired) electrons. The number of aliphatic hydroxyl groups is 1. The van der Waals surface area contributed by atoms with Gasteiger partial charge in [-0.15, -0.1) is 0 Å².